The van der Waals surface area contributed by atoms with E-state index in [1.54, 1.807) is 0 Å². The fourth-order valence-corrected chi connectivity index (χ4v) is 2.91. The van der Waals surface area contributed by atoms with Crippen LogP contribution in [0, 0.1) is 6.92 Å². The first-order valence-corrected chi connectivity index (χ1v) is 8.59. The molecular weight excluding hydrogens is 296 g/mol. The molecule has 1 N–H and O–H groups in total. The van der Waals surface area contributed by atoms with Crippen molar-refractivity contribution in [3.05, 3.63) is 77.1 Å². The van der Waals surface area contributed by atoms with Gasteiger partial charge in [0.15, 0.2) is 5.75 Å². The summed E-state index contributed by atoms with van der Waals surface area (Å²) in [5, 5.41) is 14.9. The lowest BCUT2D eigenvalue weighted by molar-refractivity contribution is 0.464. The Morgan fingerprint density at radius 3 is 2.29 bits per heavy atom. The topological polar surface area (TPSA) is 38.1 Å². The minimum atomic E-state index is 0.286. The Bertz CT molecular complexity index is 789. The Kier molecular flexibility index (Phi) is 4.99. The van der Waals surface area contributed by atoms with Crippen LogP contribution in [0.1, 0.15) is 42.3 Å². The predicted octanol–water partition coefficient (Wildman–Crippen LogP) is 4.82. The van der Waals surface area contributed by atoms with E-state index in [-0.39, 0.29) is 5.75 Å². The predicted molar refractivity (Wildman–Crippen MR) is 97.8 cm³/mol. The third-order valence-electron chi connectivity index (χ3n) is 4.34. The lowest BCUT2D eigenvalue weighted by Crippen LogP contribution is -2.03. The average molecular weight is 320 g/mol. The van der Waals surface area contributed by atoms with E-state index in [2.05, 4.69) is 36.3 Å². The summed E-state index contributed by atoms with van der Waals surface area (Å²) in [6, 6.07) is 18.6. The Morgan fingerprint density at radius 2 is 1.62 bits per heavy atom. The van der Waals surface area contributed by atoms with Gasteiger partial charge in [0.2, 0.25) is 0 Å². The number of unbranched alkanes of at least 4 members (excludes halogenated alkanes) is 1. The summed E-state index contributed by atoms with van der Waals surface area (Å²) in [5.41, 5.74) is 5.02. The SMILES string of the molecule is CCCCc1ccc(Cc2c(O)c(C)nn2-c2ccccc2)cc1. The number of rotatable bonds is 6. The van der Waals surface area contributed by atoms with Crippen molar-refractivity contribution in [1.29, 1.82) is 0 Å². The summed E-state index contributed by atoms with van der Waals surface area (Å²) in [6.07, 6.45) is 4.23. The van der Waals surface area contributed by atoms with E-state index in [0.29, 0.717) is 12.1 Å². The molecule has 1 aromatic heterocycles. The van der Waals surface area contributed by atoms with Gasteiger partial charge in [0.1, 0.15) is 5.69 Å². The normalized spacial score (nSPS) is 10.9. The molecule has 124 valence electrons. The molecule has 3 heteroatoms. The molecule has 0 saturated carbocycles. The Hall–Kier alpha value is -2.55. The number of para-hydroxylation sites is 1. The number of benzene rings is 2. The van der Waals surface area contributed by atoms with Crippen molar-refractivity contribution in [2.45, 2.75) is 39.5 Å². The first-order chi connectivity index (χ1) is 11.7. The van der Waals surface area contributed by atoms with Gasteiger partial charge in [-0.3, -0.25) is 0 Å². The Labute approximate surface area is 143 Å². The van der Waals surface area contributed by atoms with Gasteiger partial charge in [0, 0.05) is 6.42 Å². The first-order valence-electron chi connectivity index (χ1n) is 8.59. The maximum Gasteiger partial charge on any atom is 0.160 e. The van der Waals surface area contributed by atoms with Crippen LogP contribution in [-0.4, -0.2) is 14.9 Å². The van der Waals surface area contributed by atoms with Gasteiger partial charge in [0.25, 0.3) is 0 Å². The van der Waals surface area contributed by atoms with Crippen molar-refractivity contribution < 1.29 is 5.11 Å². The number of hydrogen-bond acceptors (Lipinski definition) is 2. The van der Waals surface area contributed by atoms with Crippen LogP contribution in [0.15, 0.2) is 54.6 Å². The molecule has 3 aromatic rings. The lowest BCUT2D eigenvalue weighted by Gasteiger charge is -2.09. The third kappa shape index (κ3) is 3.51. The largest absolute Gasteiger partial charge is 0.504 e. The second kappa shape index (κ2) is 7.35. The molecule has 0 atom stereocenters. The molecule has 0 aliphatic rings. The van der Waals surface area contributed by atoms with Gasteiger partial charge in [-0.2, -0.15) is 5.10 Å². The maximum absolute atomic E-state index is 10.4. The third-order valence-corrected chi connectivity index (χ3v) is 4.34. The lowest BCUT2D eigenvalue weighted by atomic mass is 10.0. The Morgan fingerprint density at radius 1 is 0.958 bits per heavy atom. The molecule has 0 amide bonds. The zero-order valence-corrected chi connectivity index (χ0v) is 14.4. The second-order valence-corrected chi connectivity index (χ2v) is 6.22. The molecular formula is C21H24N2O. The molecule has 3 nitrogen and oxygen atoms in total. The molecule has 2 aromatic carbocycles. The summed E-state index contributed by atoms with van der Waals surface area (Å²) in [5.74, 6) is 0.286. The van der Waals surface area contributed by atoms with Gasteiger partial charge in [-0.25, -0.2) is 4.68 Å². The molecule has 0 aliphatic heterocycles. The van der Waals surface area contributed by atoms with E-state index in [1.165, 1.54) is 24.0 Å². The van der Waals surface area contributed by atoms with Crippen LogP contribution in [0.3, 0.4) is 0 Å². The van der Waals surface area contributed by atoms with Crippen molar-refractivity contribution >= 4 is 0 Å². The van der Waals surface area contributed by atoms with Crippen LogP contribution in [0.4, 0.5) is 0 Å². The molecule has 0 fully saturated rings. The van der Waals surface area contributed by atoms with Crippen LogP contribution in [0.5, 0.6) is 5.75 Å². The van der Waals surface area contributed by atoms with Crippen molar-refractivity contribution in [2.24, 2.45) is 0 Å². The molecule has 24 heavy (non-hydrogen) atoms. The van der Waals surface area contributed by atoms with E-state index >= 15 is 0 Å². The van der Waals surface area contributed by atoms with Gasteiger partial charge >= 0.3 is 0 Å². The highest BCUT2D eigenvalue weighted by Gasteiger charge is 2.16. The number of aromatic nitrogens is 2. The van der Waals surface area contributed by atoms with Gasteiger partial charge in [-0.15, -0.1) is 0 Å². The molecule has 0 spiro atoms. The minimum Gasteiger partial charge on any atom is -0.504 e. The van der Waals surface area contributed by atoms with Crippen LogP contribution in [0.25, 0.3) is 5.69 Å². The summed E-state index contributed by atoms with van der Waals surface area (Å²) >= 11 is 0. The highest BCUT2D eigenvalue weighted by molar-refractivity contribution is 5.42. The van der Waals surface area contributed by atoms with Crippen LogP contribution in [-0.2, 0) is 12.8 Å². The fourth-order valence-electron chi connectivity index (χ4n) is 2.91. The average Bonchev–Trinajstić information content (AvgIpc) is 2.90. The number of aryl methyl sites for hydroxylation is 2. The molecule has 0 aliphatic carbocycles. The van der Waals surface area contributed by atoms with Crippen molar-refractivity contribution in [3.8, 4) is 11.4 Å². The highest BCUT2D eigenvalue weighted by Crippen LogP contribution is 2.27. The molecule has 0 bridgehead atoms. The molecule has 0 unspecified atom stereocenters. The second-order valence-electron chi connectivity index (χ2n) is 6.22. The van der Waals surface area contributed by atoms with E-state index in [9.17, 15) is 5.11 Å². The fraction of sp³-hybridized carbons (Fsp3) is 0.286. The molecule has 1 heterocycles. The quantitative estimate of drug-likeness (QED) is 0.707. The van der Waals surface area contributed by atoms with E-state index in [0.717, 1.165) is 17.8 Å². The van der Waals surface area contributed by atoms with Crippen molar-refractivity contribution in [1.82, 2.24) is 9.78 Å². The van der Waals surface area contributed by atoms with E-state index in [1.807, 2.05) is 41.9 Å². The summed E-state index contributed by atoms with van der Waals surface area (Å²) in [7, 11) is 0. The first kappa shape index (κ1) is 16.3. The van der Waals surface area contributed by atoms with Crippen LogP contribution in [0.2, 0.25) is 0 Å². The minimum absolute atomic E-state index is 0.286. The van der Waals surface area contributed by atoms with Gasteiger partial charge in [-0.05, 0) is 43.0 Å². The number of aromatic hydroxyl groups is 1. The highest BCUT2D eigenvalue weighted by atomic mass is 16.3. The maximum atomic E-state index is 10.4. The van der Waals surface area contributed by atoms with Crippen molar-refractivity contribution in [3.63, 3.8) is 0 Å². The number of hydrogen-bond donors (Lipinski definition) is 1. The van der Waals surface area contributed by atoms with E-state index in [4.69, 9.17) is 0 Å². The van der Waals surface area contributed by atoms with Gasteiger partial charge in [-0.1, -0.05) is 55.8 Å². The molecule has 0 saturated heterocycles. The van der Waals surface area contributed by atoms with Crippen LogP contribution < -0.4 is 0 Å². The zero-order valence-electron chi connectivity index (χ0n) is 14.4. The molecule has 3 rings (SSSR count). The van der Waals surface area contributed by atoms with Gasteiger partial charge < -0.3 is 5.11 Å². The van der Waals surface area contributed by atoms with Crippen LogP contribution >= 0.6 is 0 Å². The summed E-state index contributed by atoms with van der Waals surface area (Å²) in [6.45, 7) is 4.05. The zero-order chi connectivity index (χ0) is 16.9. The monoisotopic (exact) mass is 320 g/mol. The summed E-state index contributed by atoms with van der Waals surface area (Å²) in [4.78, 5) is 0. The van der Waals surface area contributed by atoms with Crippen molar-refractivity contribution in [2.75, 3.05) is 0 Å². The van der Waals surface area contributed by atoms with E-state index < -0.39 is 0 Å². The molecule has 0 radical (unpaired) electrons. The van der Waals surface area contributed by atoms with Gasteiger partial charge in [0.05, 0.1) is 11.4 Å². The number of nitrogens with zero attached hydrogens (tertiary/aromatic N) is 2. The summed E-state index contributed by atoms with van der Waals surface area (Å²) < 4.78 is 1.84. The Balaban J connectivity index is 1.87. The smallest absolute Gasteiger partial charge is 0.160 e. The standard InChI is InChI=1S/C21H24N2O/c1-3-4-8-17-11-13-18(14-12-17)15-20-21(24)16(2)22-23(20)19-9-6-5-7-10-19/h5-7,9-14,24H,3-4,8,15H2,1-2H3.